The normalized spacial score (nSPS) is 8.55. The van der Waals surface area contributed by atoms with E-state index in [1.807, 2.05) is 0 Å². The molecule has 2 nitrogen and oxygen atoms in total. The highest BCUT2D eigenvalue weighted by molar-refractivity contribution is 6.28. The van der Waals surface area contributed by atoms with Gasteiger partial charge in [-0.15, -0.1) is 11.6 Å². The molecule has 0 spiro atoms. The van der Waals surface area contributed by atoms with E-state index in [2.05, 4.69) is 21.8 Å². The molecule has 0 saturated carbocycles. The van der Waals surface area contributed by atoms with Gasteiger partial charge in [-0.2, -0.15) is 0 Å². The highest BCUT2D eigenvalue weighted by Gasteiger charge is 1.88. The molecule has 1 rings (SSSR count). The Labute approximate surface area is 74.6 Å². The third-order valence-electron chi connectivity index (χ3n) is 0.920. The molecule has 1 aromatic heterocycles. The SMILES string of the molecule is ClCC#Cc1cnc(Cl)nc1. The molecule has 1 heterocycles. The van der Waals surface area contributed by atoms with Gasteiger partial charge in [-0.25, -0.2) is 9.97 Å². The second kappa shape index (κ2) is 4.17. The van der Waals surface area contributed by atoms with Crippen LogP contribution in [-0.4, -0.2) is 15.8 Å². The fraction of sp³-hybridized carbons (Fsp3) is 0.143. The summed E-state index contributed by atoms with van der Waals surface area (Å²) in [4.78, 5) is 7.48. The van der Waals surface area contributed by atoms with Crippen LogP contribution in [0, 0.1) is 11.8 Å². The Morgan fingerprint density at radius 1 is 1.36 bits per heavy atom. The van der Waals surface area contributed by atoms with E-state index in [1.54, 1.807) is 12.4 Å². The molecule has 0 bridgehead atoms. The summed E-state index contributed by atoms with van der Waals surface area (Å²) in [5.41, 5.74) is 0.718. The highest BCUT2D eigenvalue weighted by atomic mass is 35.5. The van der Waals surface area contributed by atoms with Crippen LogP contribution in [0.25, 0.3) is 0 Å². The third-order valence-corrected chi connectivity index (χ3v) is 1.25. The first-order valence-electron chi connectivity index (χ1n) is 2.85. The van der Waals surface area contributed by atoms with E-state index in [4.69, 9.17) is 23.2 Å². The van der Waals surface area contributed by atoms with Crippen LogP contribution < -0.4 is 0 Å². The van der Waals surface area contributed by atoms with Crippen molar-refractivity contribution in [2.24, 2.45) is 0 Å². The Bertz CT molecular complexity index is 284. The Hall–Kier alpha value is -0.780. The van der Waals surface area contributed by atoms with E-state index in [-0.39, 0.29) is 5.28 Å². The molecule has 11 heavy (non-hydrogen) atoms. The first kappa shape index (κ1) is 8.32. The molecule has 0 aliphatic rings. The zero-order valence-electron chi connectivity index (χ0n) is 5.51. The van der Waals surface area contributed by atoms with Crippen LogP contribution in [0.2, 0.25) is 5.28 Å². The minimum atomic E-state index is 0.224. The average molecular weight is 187 g/mol. The topological polar surface area (TPSA) is 25.8 Å². The quantitative estimate of drug-likeness (QED) is 0.351. The maximum Gasteiger partial charge on any atom is 0.222 e. The monoisotopic (exact) mass is 186 g/mol. The molecule has 0 amide bonds. The fourth-order valence-corrected chi connectivity index (χ4v) is 0.677. The van der Waals surface area contributed by atoms with E-state index in [0.29, 0.717) is 5.88 Å². The number of alkyl halides is 1. The summed E-state index contributed by atoms with van der Waals surface area (Å²) in [5, 5.41) is 0.224. The summed E-state index contributed by atoms with van der Waals surface area (Å²) < 4.78 is 0. The smallest absolute Gasteiger partial charge is 0.222 e. The van der Waals surface area contributed by atoms with Gasteiger partial charge in [-0.1, -0.05) is 11.8 Å². The average Bonchev–Trinajstić information content (AvgIpc) is 2.04. The van der Waals surface area contributed by atoms with Crippen LogP contribution in [0.4, 0.5) is 0 Å². The molecular formula is C7H4Cl2N2. The molecule has 0 aliphatic carbocycles. The molecular weight excluding hydrogens is 183 g/mol. The van der Waals surface area contributed by atoms with Crippen LogP contribution in [0.3, 0.4) is 0 Å². The van der Waals surface area contributed by atoms with Crippen molar-refractivity contribution in [3.05, 3.63) is 23.2 Å². The Morgan fingerprint density at radius 2 is 2.00 bits per heavy atom. The van der Waals surface area contributed by atoms with Gasteiger partial charge in [0.1, 0.15) is 0 Å². The van der Waals surface area contributed by atoms with Crippen molar-refractivity contribution < 1.29 is 0 Å². The van der Waals surface area contributed by atoms with Crippen LogP contribution >= 0.6 is 23.2 Å². The Morgan fingerprint density at radius 3 is 2.55 bits per heavy atom. The van der Waals surface area contributed by atoms with Gasteiger partial charge in [-0.05, 0) is 11.6 Å². The van der Waals surface area contributed by atoms with Crippen molar-refractivity contribution in [3.8, 4) is 11.8 Å². The number of hydrogen-bond donors (Lipinski definition) is 0. The number of hydrogen-bond acceptors (Lipinski definition) is 2. The predicted molar refractivity (Wildman–Crippen MR) is 44.6 cm³/mol. The highest BCUT2D eigenvalue weighted by Crippen LogP contribution is 1.98. The molecule has 0 N–H and O–H groups in total. The van der Waals surface area contributed by atoms with Gasteiger partial charge >= 0.3 is 0 Å². The van der Waals surface area contributed by atoms with Gasteiger partial charge in [-0.3, -0.25) is 0 Å². The van der Waals surface area contributed by atoms with E-state index < -0.39 is 0 Å². The molecule has 0 fully saturated rings. The summed E-state index contributed by atoms with van der Waals surface area (Å²) >= 11 is 10.8. The second-order valence-electron chi connectivity index (χ2n) is 1.68. The summed E-state index contributed by atoms with van der Waals surface area (Å²) in [7, 11) is 0. The zero-order chi connectivity index (χ0) is 8.10. The third kappa shape index (κ3) is 2.75. The lowest BCUT2D eigenvalue weighted by molar-refractivity contribution is 1.16. The van der Waals surface area contributed by atoms with Gasteiger partial charge in [0.15, 0.2) is 0 Å². The van der Waals surface area contributed by atoms with Crippen molar-refractivity contribution >= 4 is 23.2 Å². The number of aromatic nitrogens is 2. The molecule has 56 valence electrons. The van der Waals surface area contributed by atoms with Crippen molar-refractivity contribution in [3.63, 3.8) is 0 Å². The van der Waals surface area contributed by atoms with Gasteiger partial charge in [0.05, 0.1) is 11.4 Å². The zero-order valence-corrected chi connectivity index (χ0v) is 7.02. The van der Waals surface area contributed by atoms with E-state index in [0.717, 1.165) is 5.56 Å². The van der Waals surface area contributed by atoms with Crippen molar-refractivity contribution in [1.29, 1.82) is 0 Å². The van der Waals surface area contributed by atoms with Crippen LogP contribution in [0.15, 0.2) is 12.4 Å². The molecule has 0 saturated heterocycles. The first-order chi connectivity index (χ1) is 5.33. The maximum absolute atomic E-state index is 5.45. The summed E-state index contributed by atoms with van der Waals surface area (Å²) in [6.45, 7) is 0. The lowest BCUT2D eigenvalue weighted by Crippen LogP contribution is -1.82. The number of halogens is 2. The molecule has 0 radical (unpaired) electrons. The summed E-state index contributed by atoms with van der Waals surface area (Å²) in [6, 6.07) is 0. The molecule has 0 aromatic carbocycles. The van der Waals surface area contributed by atoms with Crippen molar-refractivity contribution in [2.45, 2.75) is 0 Å². The second-order valence-corrected chi connectivity index (χ2v) is 2.28. The number of nitrogens with zero attached hydrogens (tertiary/aromatic N) is 2. The molecule has 0 atom stereocenters. The molecule has 0 aliphatic heterocycles. The minimum Gasteiger partial charge on any atom is -0.225 e. The van der Waals surface area contributed by atoms with E-state index >= 15 is 0 Å². The van der Waals surface area contributed by atoms with Crippen LogP contribution in [-0.2, 0) is 0 Å². The minimum absolute atomic E-state index is 0.224. The van der Waals surface area contributed by atoms with E-state index in [9.17, 15) is 0 Å². The van der Waals surface area contributed by atoms with Crippen LogP contribution in [0.1, 0.15) is 5.56 Å². The largest absolute Gasteiger partial charge is 0.225 e. The van der Waals surface area contributed by atoms with Crippen molar-refractivity contribution in [2.75, 3.05) is 5.88 Å². The fourth-order valence-electron chi connectivity index (χ4n) is 0.512. The molecule has 0 unspecified atom stereocenters. The van der Waals surface area contributed by atoms with Crippen LogP contribution in [0.5, 0.6) is 0 Å². The maximum atomic E-state index is 5.45. The summed E-state index contributed by atoms with van der Waals surface area (Å²) in [5.74, 6) is 5.74. The number of rotatable bonds is 0. The lowest BCUT2D eigenvalue weighted by atomic mass is 10.3. The lowest BCUT2D eigenvalue weighted by Gasteiger charge is -1.87. The van der Waals surface area contributed by atoms with Gasteiger partial charge in [0.2, 0.25) is 5.28 Å². The Balaban J connectivity index is 2.82. The summed E-state index contributed by atoms with van der Waals surface area (Å²) in [6.07, 6.45) is 3.10. The first-order valence-corrected chi connectivity index (χ1v) is 3.76. The molecule has 1 aromatic rings. The standard InChI is InChI=1S/C7H4Cl2N2/c8-3-1-2-6-4-10-7(9)11-5-6/h4-5H,3H2. The van der Waals surface area contributed by atoms with Gasteiger partial charge in [0, 0.05) is 12.4 Å². The van der Waals surface area contributed by atoms with E-state index in [1.165, 1.54) is 0 Å². The van der Waals surface area contributed by atoms with Gasteiger partial charge in [0.25, 0.3) is 0 Å². The van der Waals surface area contributed by atoms with Crippen molar-refractivity contribution in [1.82, 2.24) is 9.97 Å². The van der Waals surface area contributed by atoms with Gasteiger partial charge < -0.3 is 0 Å². The Kier molecular flexibility index (Phi) is 3.15. The molecule has 4 heteroatoms. The predicted octanol–water partition coefficient (Wildman–Crippen LogP) is 1.72.